The third kappa shape index (κ3) is 4.25. The molecule has 1 aromatic heterocycles. The van der Waals surface area contributed by atoms with Gasteiger partial charge >= 0.3 is 0 Å². The number of nitrogens with zero attached hydrogens (tertiary/aromatic N) is 2. The molecule has 3 rings (SSSR count). The quantitative estimate of drug-likeness (QED) is 0.577. The molecule has 0 saturated carbocycles. The molecule has 7 heteroatoms. The molecule has 25 heavy (non-hydrogen) atoms. The van der Waals surface area contributed by atoms with Gasteiger partial charge in [-0.15, -0.1) is 0 Å². The van der Waals surface area contributed by atoms with E-state index in [0.717, 1.165) is 41.3 Å². The first-order valence-corrected chi connectivity index (χ1v) is 8.91. The Labute approximate surface area is 152 Å². The first kappa shape index (κ1) is 17.6. The summed E-state index contributed by atoms with van der Waals surface area (Å²) in [5.41, 5.74) is 2.32. The third-order valence-corrected chi connectivity index (χ3v) is 4.84. The van der Waals surface area contributed by atoms with E-state index >= 15 is 0 Å². The van der Waals surface area contributed by atoms with Crippen LogP contribution in [-0.4, -0.2) is 55.0 Å². The molecule has 2 heterocycles. The number of aromatic nitrogens is 1. The number of H-pyrrole nitrogens is 1. The van der Waals surface area contributed by atoms with Crippen LogP contribution in [0.25, 0.3) is 10.9 Å². The van der Waals surface area contributed by atoms with Crippen molar-refractivity contribution in [2.45, 2.75) is 25.3 Å². The topological polar surface area (TPSA) is 72.5 Å². The summed E-state index contributed by atoms with van der Waals surface area (Å²) in [6, 6.07) is 6.11. The molecular formula is C18H24ClN5O. The van der Waals surface area contributed by atoms with Gasteiger partial charge in [0.25, 0.3) is 0 Å². The maximum Gasteiger partial charge on any atom is 0.222 e. The van der Waals surface area contributed by atoms with E-state index in [9.17, 15) is 4.79 Å². The average Bonchev–Trinajstić information content (AvgIpc) is 2.99. The van der Waals surface area contributed by atoms with Gasteiger partial charge in [0.2, 0.25) is 5.91 Å². The number of benzene rings is 1. The van der Waals surface area contributed by atoms with E-state index in [4.69, 9.17) is 11.6 Å². The molecule has 1 aliphatic heterocycles. The lowest BCUT2D eigenvalue weighted by Crippen LogP contribution is -2.51. The molecule has 6 nitrogen and oxygen atoms in total. The first-order valence-electron chi connectivity index (χ1n) is 8.53. The van der Waals surface area contributed by atoms with Gasteiger partial charge in [0.15, 0.2) is 5.96 Å². The van der Waals surface area contributed by atoms with Crippen molar-refractivity contribution in [2.75, 3.05) is 27.2 Å². The minimum atomic E-state index is 0.207. The van der Waals surface area contributed by atoms with Crippen LogP contribution in [0.1, 0.15) is 18.4 Å². The number of nitrogens with one attached hydrogen (secondary N) is 3. The van der Waals surface area contributed by atoms with Crippen LogP contribution in [0.2, 0.25) is 5.02 Å². The first-order chi connectivity index (χ1) is 12.1. The molecule has 1 aromatic carbocycles. The lowest BCUT2D eigenvalue weighted by atomic mass is 10.1. The fourth-order valence-electron chi connectivity index (χ4n) is 3.19. The van der Waals surface area contributed by atoms with Gasteiger partial charge in [-0.2, -0.15) is 0 Å². The van der Waals surface area contributed by atoms with Gasteiger partial charge in [-0.05, 0) is 36.6 Å². The van der Waals surface area contributed by atoms with Crippen LogP contribution in [0.5, 0.6) is 0 Å². The van der Waals surface area contributed by atoms with Crippen molar-refractivity contribution in [1.29, 1.82) is 0 Å². The maximum atomic E-state index is 11.6. The summed E-state index contributed by atoms with van der Waals surface area (Å²) in [7, 11) is 3.60. The van der Waals surface area contributed by atoms with Gasteiger partial charge in [-0.1, -0.05) is 11.6 Å². The highest BCUT2D eigenvalue weighted by Gasteiger charge is 2.23. The summed E-state index contributed by atoms with van der Waals surface area (Å²) >= 11 is 6.10. The number of aromatic amines is 1. The number of carbonyl (C=O) groups excluding carboxylic acids is 1. The molecule has 1 fully saturated rings. The lowest BCUT2D eigenvalue weighted by molar-refractivity contribution is -0.132. The summed E-state index contributed by atoms with van der Waals surface area (Å²) in [5.74, 6) is 0.976. The molecule has 1 unspecified atom stereocenters. The Hall–Kier alpha value is -2.21. The minimum absolute atomic E-state index is 0.207. The largest absolute Gasteiger partial charge is 0.361 e. The zero-order valence-electron chi connectivity index (χ0n) is 14.6. The third-order valence-electron chi connectivity index (χ3n) is 4.61. The highest BCUT2D eigenvalue weighted by atomic mass is 35.5. The molecule has 2 aromatic rings. The normalized spacial score (nSPS) is 18.7. The van der Waals surface area contributed by atoms with Crippen molar-refractivity contribution in [3.63, 3.8) is 0 Å². The Morgan fingerprint density at radius 1 is 1.48 bits per heavy atom. The van der Waals surface area contributed by atoms with Crippen molar-refractivity contribution < 1.29 is 4.79 Å². The Morgan fingerprint density at radius 2 is 2.32 bits per heavy atom. The second kappa shape index (κ2) is 7.78. The summed E-state index contributed by atoms with van der Waals surface area (Å²) < 4.78 is 0. The van der Waals surface area contributed by atoms with Crippen LogP contribution < -0.4 is 10.6 Å². The van der Waals surface area contributed by atoms with Crippen molar-refractivity contribution >= 4 is 34.4 Å². The molecule has 1 atom stereocenters. The van der Waals surface area contributed by atoms with Gasteiger partial charge in [-0.3, -0.25) is 9.79 Å². The van der Waals surface area contributed by atoms with Crippen LogP contribution >= 0.6 is 11.6 Å². The summed E-state index contributed by atoms with van der Waals surface area (Å²) in [6.07, 6.45) is 4.32. The van der Waals surface area contributed by atoms with E-state index in [1.165, 1.54) is 5.56 Å². The van der Waals surface area contributed by atoms with E-state index in [-0.39, 0.29) is 11.9 Å². The number of likely N-dealkylation sites (N-methyl/N-ethyl adjacent to an activating group) is 1. The van der Waals surface area contributed by atoms with Crippen LogP contribution in [0, 0.1) is 0 Å². The number of aliphatic imine (C=N–C) groups is 1. The SMILES string of the molecule is CN=C(NCCc1c[nH]c2ccc(Cl)cc12)NC1CCC(=O)N(C)C1. The number of halogens is 1. The fourth-order valence-corrected chi connectivity index (χ4v) is 3.36. The van der Waals surface area contributed by atoms with Crippen molar-refractivity contribution in [1.82, 2.24) is 20.5 Å². The molecule has 1 aliphatic rings. The number of rotatable bonds is 4. The predicted octanol–water partition coefficient (Wildman–Crippen LogP) is 2.15. The highest BCUT2D eigenvalue weighted by molar-refractivity contribution is 6.31. The molecule has 0 bridgehead atoms. The monoisotopic (exact) mass is 361 g/mol. The number of carbonyl (C=O) groups is 1. The zero-order chi connectivity index (χ0) is 17.8. The van der Waals surface area contributed by atoms with E-state index in [1.54, 1.807) is 11.9 Å². The molecular weight excluding hydrogens is 338 g/mol. The number of guanidine groups is 1. The minimum Gasteiger partial charge on any atom is -0.361 e. The standard InChI is InChI=1S/C18H24ClN5O/c1-20-18(23-14-4-6-17(25)24(2)11-14)21-8-7-12-10-22-16-5-3-13(19)9-15(12)16/h3,5,9-10,14,22H,4,6-8,11H2,1-2H3,(H2,20,21,23). The van der Waals surface area contributed by atoms with Gasteiger partial charge in [-0.25, -0.2) is 0 Å². The van der Waals surface area contributed by atoms with Crippen molar-refractivity contribution in [3.8, 4) is 0 Å². The number of piperidine rings is 1. The van der Waals surface area contributed by atoms with Gasteiger partial charge in [0.05, 0.1) is 0 Å². The fraction of sp³-hybridized carbons (Fsp3) is 0.444. The Morgan fingerprint density at radius 3 is 3.08 bits per heavy atom. The second-order valence-electron chi connectivity index (χ2n) is 6.41. The van der Waals surface area contributed by atoms with Crippen LogP contribution in [-0.2, 0) is 11.2 Å². The molecule has 3 N–H and O–H groups in total. The van der Waals surface area contributed by atoms with Gasteiger partial charge in [0, 0.05) is 61.8 Å². The molecule has 0 radical (unpaired) electrons. The van der Waals surface area contributed by atoms with E-state index in [0.29, 0.717) is 13.0 Å². The van der Waals surface area contributed by atoms with E-state index in [2.05, 4.69) is 20.6 Å². The Bertz CT molecular complexity index is 785. The highest BCUT2D eigenvalue weighted by Crippen LogP contribution is 2.22. The van der Waals surface area contributed by atoms with Gasteiger partial charge < -0.3 is 20.5 Å². The molecule has 0 aliphatic carbocycles. The van der Waals surface area contributed by atoms with Gasteiger partial charge in [0.1, 0.15) is 0 Å². The number of likely N-dealkylation sites (tertiary alicyclic amines) is 1. The molecule has 0 spiro atoms. The van der Waals surface area contributed by atoms with Crippen LogP contribution in [0.3, 0.4) is 0 Å². The molecule has 1 amide bonds. The predicted molar refractivity (Wildman–Crippen MR) is 102 cm³/mol. The number of hydrogen-bond acceptors (Lipinski definition) is 2. The van der Waals surface area contributed by atoms with Crippen molar-refractivity contribution in [3.05, 3.63) is 35.0 Å². The lowest BCUT2D eigenvalue weighted by Gasteiger charge is -2.31. The van der Waals surface area contributed by atoms with Crippen LogP contribution in [0.4, 0.5) is 0 Å². The number of fused-ring (bicyclic) bond motifs is 1. The molecule has 1 saturated heterocycles. The summed E-state index contributed by atoms with van der Waals surface area (Å²) in [6.45, 7) is 1.47. The Kier molecular flexibility index (Phi) is 5.48. The van der Waals surface area contributed by atoms with E-state index < -0.39 is 0 Å². The smallest absolute Gasteiger partial charge is 0.222 e. The maximum absolute atomic E-state index is 11.6. The molecule has 134 valence electrons. The van der Waals surface area contributed by atoms with E-state index in [1.807, 2.05) is 31.4 Å². The summed E-state index contributed by atoms with van der Waals surface area (Å²) in [5, 5.41) is 8.65. The van der Waals surface area contributed by atoms with Crippen LogP contribution in [0.15, 0.2) is 29.4 Å². The number of hydrogen-bond donors (Lipinski definition) is 3. The summed E-state index contributed by atoms with van der Waals surface area (Å²) in [4.78, 5) is 20.9. The van der Waals surface area contributed by atoms with Crippen molar-refractivity contribution in [2.24, 2.45) is 4.99 Å². The second-order valence-corrected chi connectivity index (χ2v) is 6.84. The Balaban J connectivity index is 1.53. The zero-order valence-corrected chi connectivity index (χ0v) is 15.4. The average molecular weight is 362 g/mol. The number of amides is 1.